The molecule has 8 rings (SSSR count). The van der Waals surface area contributed by atoms with Gasteiger partial charge in [-0.3, -0.25) is 14.2 Å². The summed E-state index contributed by atoms with van der Waals surface area (Å²) in [4.78, 5) is 15.8. The number of anilines is 2. The Balaban J connectivity index is 0.000000334. The number of aromatic nitrogens is 5. The molecule has 3 aliphatic rings. The Hall–Kier alpha value is -3.74. The fraction of sp³-hybridized carbons (Fsp3) is 0.457. The molecule has 7 heterocycles. The van der Waals surface area contributed by atoms with E-state index < -0.39 is 10.8 Å². The monoisotopic (exact) mass is 671 g/mol. The number of hydrogen-bond donors (Lipinski definition) is 2. The summed E-state index contributed by atoms with van der Waals surface area (Å²) in [5.41, 5.74) is 12.2. The molecule has 0 spiro atoms. The largest absolute Gasteiger partial charge is 0.403 e. The van der Waals surface area contributed by atoms with Gasteiger partial charge in [0.15, 0.2) is 0 Å². The predicted molar refractivity (Wildman–Crippen MR) is 187 cm³/mol. The van der Waals surface area contributed by atoms with Crippen molar-refractivity contribution in [3.63, 3.8) is 0 Å². The molecule has 3 N–H and O–H groups in total. The Bertz CT molecular complexity index is 1890. The van der Waals surface area contributed by atoms with Crippen molar-refractivity contribution < 1.29 is 13.4 Å². The molecule has 0 bridgehead atoms. The van der Waals surface area contributed by atoms with Gasteiger partial charge < -0.3 is 20.2 Å². The first-order chi connectivity index (χ1) is 22.9. The fourth-order valence-electron chi connectivity index (χ4n) is 6.95. The number of aryl methyl sites for hydroxylation is 3. The zero-order chi connectivity index (χ0) is 32.5. The van der Waals surface area contributed by atoms with E-state index in [0.717, 1.165) is 87.1 Å². The van der Waals surface area contributed by atoms with Gasteiger partial charge >= 0.3 is 6.01 Å². The average Bonchev–Trinajstić information content (AvgIpc) is 3.89. The summed E-state index contributed by atoms with van der Waals surface area (Å²) in [5.74, 6) is 2.72. The van der Waals surface area contributed by atoms with Crippen LogP contribution in [0.15, 0.2) is 46.0 Å². The van der Waals surface area contributed by atoms with Crippen LogP contribution >= 0.6 is 11.3 Å². The summed E-state index contributed by atoms with van der Waals surface area (Å²) in [6.07, 6.45) is 11.3. The highest BCUT2D eigenvalue weighted by Gasteiger charge is 2.38. The first kappa shape index (κ1) is 31.8. The average molecular weight is 672 g/mol. The normalized spacial score (nSPS) is 19.1. The lowest BCUT2D eigenvalue weighted by atomic mass is 9.89. The summed E-state index contributed by atoms with van der Waals surface area (Å²) in [6.45, 7) is 5.96. The molecule has 5 aromatic heterocycles. The molecule has 2 unspecified atom stereocenters. The number of thiophene rings is 1. The number of nitrogens with one attached hydrogen (secondary N) is 1. The van der Waals surface area contributed by atoms with Gasteiger partial charge in [-0.05, 0) is 85.9 Å². The van der Waals surface area contributed by atoms with Crippen molar-refractivity contribution in [1.29, 1.82) is 0 Å². The number of pyridine rings is 3. The van der Waals surface area contributed by atoms with Crippen LogP contribution < -0.4 is 11.1 Å². The molecule has 1 fully saturated rings. The highest BCUT2D eigenvalue weighted by molar-refractivity contribution is 7.85. The second-order valence-electron chi connectivity index (χ2n) is 12.8. The van der Waals surface area contributed by atoms with E-state index in [2.05, 4.69) is 51.5 Å². The van der Waals surface area contributed by atoms with E-state index in [-0.39, 0.29) is 11.9 Å². The topological polar surface area (TPSA) is 142 Å². The zero-order valence-electron chi connectivity index (χ0n) is 27.1. The Kier molecular flexibility index (Phi) is 9.33. The first-order valence-electron chi connectivity index (χ1n) is 16.5. The van der Waals surface area contributed by atoms with E-state index in [4.69, 9.17) is 19.9 Å². The molecular formula is C35H41N7O3S2. The van der Waals surface area contributed by atoms with E-state index in [0.29, 0.717) is 23.5 Å². The molecule has 2 aliphatic heterocycles. The molecule has 0 amide bonds. The van der Waals surface area contributed by atoms with Crippen molar-refractivity contribution in [2.24, 2.45) is 11.8 Å². The van der Waals surface area contributed by atoms with Crippen LogP contribution in [0.25, 0.3) is 32.0 Å². The van der Waals surface area contributed by atoms with Gasteiger partial charge in [-0.1, -0.05) is 25.0 Å². The molecule has 246 valence electrons. The van der Waals surface area contributed by atoms with Gasteiger partial charge in [0.1, 0.15) is 5.82 Å². The molecule has 0 saturated carbocycles. The minimum absolute atomic E-state index is 0.000942. The molecule has 5 aromatic rings. The Morgan fingerprint density at radius 3 is 2.70 bits per heavy atom. The Morgan fingerprint density at radius 2 is 1.96 bits per heavy atom. The lowest BCUT2D eigenvalue weighted by Crippen LogP contribution is -2.17. The number of nitrogens with zero attached hydrogens (tertiary/aromatic N) is 5. The van der Waals surface area contributed by atoms with Gasteiger partial charge in [-0.15, -0.1) is 16.4 Å². The third-order valence-corrected chi connectivity index (χ3v) is 12.2. The SMILES string of the molecule is CNc1nccc2cc(-c3c(-c4nnc(N)o4)c(CCC4CCOCC4)nc4c3S(=O)CC4C(C)C)sc12.c1cnc2c(c1)CCC2. The van der Waals surface area contributed by atoms with E-state index in [1.165, 1.54) is 30.5 Å². The second-order valence-corrected chi connectivity index (χ2v) is 15.3. The molecular weight excluding hydrogens is 631 g/mol. The van der Waals surface area contributed by atoms with Crippen molar-refractivity contribution in [2.75, 3.05) is 37.1 Å². The number of fused-ring (bicyclic) bond motifs is 3. The number of ether oxygens (including phenoxy) is 1. The zero-order valence-corrected chi connectivity index (χ0v) is 28.8. The van der Waals surface area contributed by atoms with Crippen molar-refractivity contribution in [3.05, 3.63) is 59.3 Å². The summed E-state index contributed by atoms with van der Waals surface area (Å²) in [6, 6.07) is 8.34. The third-order valence-electron chi connectivity index (χ3n) is 9.51. The molecule has 2 atom stereocenters. The fourth-order valence-corrected chi connectivity index (χ4v) is 10.1. The minimum atomic E-state index is -1.21. The smallest absolute Gasteiger partial charge is 0.313 e. The standard InChI is InChI=1S/C27H32N6O3S2.C8H9N/c1-14(2)17-13-38(34)24-21(19-12-16-6-9-30-25(29-3)23(16)37-19)20(26-32-33-27(28)36-26)18(31-22(17)24)5-4-15-7-10-35-11-8-15;1-3-7-4-2-6-9-8(7)5-1/h6,9,12,14-15,17H,4-5,7-8,10-11,13H2,1-3H3,(H2,28,33)(H,29,30);2,4,6H,1,3,5H2. The molecule has 0 radical (unpaired) electrons. The first-order valence-corrected chi connectivity index (χ1v) is 18.7. The Morgan fingerprint density at radius 1 is 1.11 bits per heavy atom. The molecule has 10 nitrogen and oxygen atoms in total. The minimum Gasteiger partial charge on any atom is -0.403 e. The van der Waals surface area contributed by atoms with Gasteiger partial charge in [-0.2, -0.15) is 0 Å². The van der Waals surface area contributed by atoms with Crippen molar-refractivity contribution in [1.82, 2.24) is 25.1 Å². The second kappa shape index (κ2) is 13.8. The van der Waals surface area contributed by atoms with E-state index in [1.807, 2.05) is 25.4 Å². The predicted octanol–water partition coefficient (Wildman–Crippen LogP) is 6.82. The maximum absolute atomic E-state index is 13.8. The van der Waals surface area contributed by atoms with Gasteiger partial charge in [0.25, 0.3) is 5.89 Å². The van der Waals surface area contributed by atoms with Crippen LogP contribution in [-0.2, 0) is 34.8 Å². The van der Waals surface area contributed by atoms with Crippen LogP contribution in [0.1, 0.15) is 68.1 Å². The van der Waals surface area contributed by atoms with Gasteiger partial charge in [0.05, 0.1) is 37.3 Å². The lowest BCUT2D eigenvalue weighted by molar-refractivity contribution is 0.0639. The van der Waals surface area contributed by atoms with Crippen LogP contribution in [0.5, 0.6) is 0 Å². The highest BCUT2D eigenvalue weighted by Crippen LogP contribution is 2.50. The quantitative estimate of drug-likeness (QED) is 0.189. The summed E-state index contributed by atoms with van der Waals surface area (Å²) < 4.78 is 26.2. The molecule has 1 aliphatic carbocycles. The number of nitrogen functional groups attached to an aromatic ring is 1. The van der Waals surface area contributed by atoms with Crippen molar-refractivity contribution in [2.45, 2.75) is 69.6 Å². The van der Waals surface area contributed by atoms with Gasteiger partial charge in [0, 0.05) is 60.5 Å². The van der Waals surface area contributed by atoms with Crippen molar-refractivity contribution >= 4 is 44.1 Å². The lowest BCUT2D eigenvalue weighted by Gasteiger charge is -2.23. The van der Waals surface area contributed by atoms with Crippen LogP contribution in [0.2, 0.25) is 0 Å². The highest BCUT2D eigenvalue weighted by atomic mass is 32.2. The van der Waals surface area contributed by atoms with Crippen LogP contribution in [-0.4, -0.2) is 55.4 Å². The molecule has 1 saturated heterocycles. The molecule has 12 heteroatoms. The van der Waals surface area contributed by atoms with Gasteiger partial charge in [-0.25, -0.2) is 4.98 Å². The third kappa shape index (κ3) is 6.42. The number of nitrogens with two attached hydrogens (primary N) is 1. The molecule has 0 aromatic carbocycles. The molecule has 47 heavy (non-hydrogen) atoms. The number of hydrogen-bond acceptors (Lipinski definition) is 11. The van der Waals surface area contributed by atoms with Crippen molar-refractivity contribution in [3.8, 4) is 21.9 Å². The van der Waals surface area contributed by atoms with Gasteiger partial charge in [0.2, 0.25) is 0 Å². The Labute approximate surface area is 281 Å². The maximum atomic E-state index is 13.8. The van der Waals surface area contributed by atoms with E-state index in [1.54, 1.807) is 17.5 Å². The van der Waals surface area contributed by atoms with Crippen LogP contribution in [0.4, 0.5) is 11.8 Å². The summed E-state index contributed by atoms with van der Waals surface area (Å²) >= 11 is 1.62. The van der Waals surface area contributed by atoms with Crippen LogP contribution in [0.3, 0.4) is 0 Å². The van der Waals surface area contributed by atoms with E-state index >= 15 is 0 Å². The summed E-state index contributed by atoms with van der Waals surface area (Å²) in [7, 11) is 0.662. The number of rotatable bonds is 7. The van der Waals surface area contributed by atoms with Crippen LogP contribution in [0, 0.1) is 11.8 Å². The maximum Gasteiger partial charge on any atom is 0.313 e. The summed E-state index contributed by atoms with van der Waals surface area (Å²) in [5, 5.41) is 12.5. The van der Waals surface area contributed by atoms with E-state index in [9.17, 15) is 4.21 Å².